The average molecular weight is 192 g/mol. The molecule has 14 heavy (non-hydrogen) atoms. The number of benzene rings is 1. The number of halogens is 1. The highest BCUT2D eigenvalue weighted by Crippen LogP contribution is 2.10. The lowest BCUT2D eigenvalue weighted by molar-refractivity contribution is 0.618. The number of rotatable bonds is 3. The summed E-state index contributed by atoms with van der Waals surface area (Å²) in [7, 11) is 0. The molecule has 0 radical (unpaired) electrons. The van der Waals surface area contributed by atoms with Crippen LogP contribution in [0.15, 0.2) is 30.4 Å². The molecule has 0 fully saturated rings. The van der Waals surface area contributed by atoms with Crippen LogP contribution in [0.3, 0.4) is 0 Å². The van der Waals surface area contributed by atoms with Crippen molar-refractivity contribution in [2.45, 2.75) is 27.2 Å². The average Bonchev–Trinajstić information content (AvgIpc) is 2.10. The second kappa shape index (κ2) is 4.94. The molecule has 76 valence electrons. The van der Waals surface area contributed by atoms with E-state index in [0.29, 0.717) is 5.92 Å². The Morgan fingerprint density at radius 3 is 2.64 bits per heavy atom. The van der Waals surface area contributed by atoms with Gasteiger partial charge in [-0.25, -0.2) is 4.39 Å². The zero-order valence-corrected chi connectivity index (χ0v) is 9.05. The zero-order valence-electron chi connectivity index (χ0n) is 9.05. The fourth-order valence-electron chi connectivity index (χ4n) is 1.31. The normalized spacial score (nSPS) is 11.5. The molecule has 1 aromatic carbocycles. The van der Waals surface area contributed by atoms with Gasteiger partial charge in [-0.05, 0) is 36.5 Å². The molecule has 1 aromatic rings. The van der Waals surface area contributed by atoms with Crippen molar-refractivity contribution in [1.29, 1.82) is 0 Å². The summed E-state index contributed by atoms with van der Waals surface area (Å²) in [5, 5.41) is 0. The van der Waals surface area contributed by atoms with Gasteiger partial charge in [0.15, 0.2) is 0 Å². The lowest BCUT2D eigenvalue weighted by Crippen LogP contribution is -1.87. The summed E-state index contributed by atoms with van der Waals surface area (Å²) in [4.78, 5) is 0. The molecule has 0 aliphatic carbocycles. The quantitative estimate of drug-likeness (QED) is 0.637. The van der Waals surface area contributed by atoms with E-state index in [-0.39, 0.29) is 5.82 Å². The van der Waals surface area contributed by atoms with Gasteiger partial charge >= 0.3 is 0 Å². The van der Waals surface area contributed by atoms with Gasteiger partial charge in [0.1, 0.15) is 5.82 Å². The van der Waals surface area contributed by atoms with Gasteiger partial charge in [-0.1, -0.05) is 38.1 Å². The van der Waals surface area contributed by atoms with Crippen LogP contribution in [0.5, 0.6) is 0 Å². The van der Waals surface area contributed by atoms with Gasteiger partial charge < -0.3 is 0 Å². The van der Waals surface area contributed by atoms with Crippen LogP contribution in [0, 0.1) is 18.7 Å². The van der Waals surface area contributed by atoms with Gasteiger partial charge in [0, 0.05) is 0 Å². The van der Waals surface area contributed by atoms with E-state index in [0.717, 1.165) is 12.0 Å². The Bertz CT molecular complexity index is 324. The van der Waals surface area contributed by atoms with Gasteiger partial charge in [0.25, 0.3) is 0 Å². The smallest absolute Gasteiger partial charge is 0.126 e. The van der Waals surface area contributed by atoms with Crippen LogP contribution in [0.4, 0.5) is 4.39 Å². The SMILES string of the molecule is Cc1cc(C/C=C/C(C)C)ccc1F. The first-order chi connectivity index (χ1) is 6.59. The highest BCUT2D eigenvalue weighted by Gasteiger charge is 1.97. The molecule has 0 spiro atoms. The topological polar surface area (TPSA) is 0 Å². The van der Waals surface area contributed by atoms with E-state index in [9.17, 15) is 4.39 Å². The van der Waals surface area contributed by atoms with E-state index in [1.54, 1.807) is 6.92 Å². The summed E-state index contributed by atoms with van der Waals surface area (Å²) < 4.78 is 12.9. The molecule has 0 saturated heterocycles. The summed E-state index contributed by atoms with van der Waals surface area (Å²) >= 11 is 0. The van der Waals surface area contributed by atoms with Crippen LogP contribution in [0.2, 0.25) is 0 Å². The van der Waals surface area contributed by atoms with E-state index in [4.69, 9.17) is 0 Å². The minimum absolute atomic E-state index is 0.124. The van der Waals surface area contributed by atoms with Crippen molar-refractivity contribution in [2.24, 2.45) is 5.92 Å². The van der Waals surface area contributed by atoms with Gasteiger partial charge in [0.05, 0.1) is 0 Å². The molecular formula is C13H17F. The number of hydrogen-bond donors (Lipinski definition) is 0. The van der Waals surface area contributed by atoms with Crippen LogP contribution in [0.1, 0.15) is 25.0 Å². The van der Waals surface area contributed by atoms with Crippen LogP contribution in [0.25, 0.3) is 0 Å². The first kappa shape index (κ1) is 11.0. The molecule has 0 atom stereocenters. The Kier molecular flexibility index (Phi) is 3.87. The molecular weight excluding hydrogens is 175 g/mol. The zero-order chi connectivity index (χ0) is 10.6. The lowest BCUT2D eigenvalue weighted by atomic mass is 10.1. The van der Waals surface area contributed by atoms with Crippen molar-refractivity contribution in [3.8, 4) is 0 Å². The van der Waals surface area contributed by atoms with Crippen LogP contribution >= 0.6 is 0 Å². The molecule has 0 bridgehead atoms. The van der Waals surface area contributed by atoms with E-state index < -0.39 is 0 Å². The summed E-state index contributed by atoms with van der Waals surface area (Å²) in [5.41, 5.74) is 1.89. The minimum atomic E-state index is -0.124. The van der Waals surface area contributed by atoms with Gasteiger partial charge in [-0.2, -0.15) is 0 Å². The van der Waals surface area contributed by atoms with Gasteiger partial charge in [-0.3, -0.25) is 0 Å². The molecule has 0 aliphatic heterocycles. The molecule has 0 aliphatic rings. The van der Waals surface area contributed by atoms with Crippen molar-refractivity contribution < 1.29 is 4.39 Å². The molecule has 1 rings (SSSR count). The summed E-state index contributed by atoms with van der Waals surface area (Å²) in [6.07, 6.45) is 5.19. The molecule has 0 amide bonds. The highest BCUT2D eigenvalue weighted by molar-refractivity contribution is 5.25. The fraction of sp³-hybridized carbons (Fsp3) is 0.385. The molecule has 0 N–H and O–H groups in total. The van der Waals surface area contributed by atoms with E-state index in [1.165, 1.54) is 11.6 Å². The number of hydrogen-bond acceptors (Lipinski definition) is 0. The predicted octanol–water partition coefficient (Wildman–Crippen LogP) is 3.89. The maximum Gasteiger partial charge on any atom is 0.126 e. The Morgan fingerprint density at radius 1 is 1.36 bits per heavy atom. The molecule has 0 saturated carbocycles. The van der Waals surface area contributed by atoms with E-state index >= 15 is 0 Å². The Labute approximate surface area is 85.5 Å². The number of allylic oxidation sites excluding steroid dienone is 2. The Morgan fingerprint density at radius 2 is 2.07 bits per heavy atom. The maximum absolute atomic E-state index is 12.9. The molecule has 0 heterocycles. The second-order valence-corrected chi connectivity index (χ2v) is 3.96. The third-order valence-corrected chi connectivity index (χ3v) is 2.10. The van der Waals surface area contributed by atoms with Crippen molar-refractivity contribution in [1.82, 2.24) is 0 Å². The van der Waals surface area contributed by atoms with Crippen LogP contribution in [-0.2, 0) is 6.42 Å². The number of aryl methyl sites for hydroxylation is 1. The van der Waals surface area contributed by atoms with Crippen molar-refractivity contribution in [2.75, 3.05) is 0 Å². The molecule has 1 heteroatoms. The first-order valence-electron chi connectivity index (χ1n) is 5.01. The van der Waals surface area contributed by atoms with Gasteiger partial charge in [0.2, 0.25) is 0 Å². The van der Waals surface area contributed by atoms with Crippen molar-refractivity contribution >= 4 is 0 Å². The Balaban J connectivity index is 2.64. The summed E-state index contributed by atoms with van der Waals surface area (Å²) in [6.45, 7) is 6.09. The van der Waals surface area contributed by atoms with Crippen LogP contribution < -0.4 is 0 Å². The summed E-state index contributed by atoms with van der Waals surface area (Å²) in [5.74, 6) is 0.457. The van der Waals surface area contributed by atoms with E-state index in [2.05, 4.69) is 26.0 Å². The lowest BCUT2D eigenvalue weighted by Gasteiger charge is -2.00. The first-order valence-corrected chi connectivity index (χ1v) is 5.01. The summed E-state index contributed by atoms with van der Waals surface area (Å²) in [6, 6.07) is 5.28. The Hall–Kier alpha value is -1.11. The standard InChI is InChI=1S/C13H17F/c1-10(2)5-4-6-12-7-8-13(14)11(3)9-12/h4-5,7-10H,6H2,1-3H3/b5-4+. The molecule has 0 nitrogen and oxygen atoms in total. The fourth-order valence-corrected chi connectivity index (χ4v) is 1.31. The third-order valence-electron chi connectivity index (χ3n) is 2.10. The van der Waals surface area contributed by atoms with Crippen LogP contribution in [-0.4, -0.2) is 0 Å². The largest absolute Gasteiger partial charge is 0.207 e. The van der Waals surface area contributed by atoms with Gasteiger partial charge in [-0.15, -0.1) is 0 Å². The second-order valence-electron chi connectivity index (χ2n) is 3.96. The maximum atomic E-state index is 12.9. The third kappa shape index (κ3) is 3.33. The monoisotopic (exact) mass is 192 g/mol. The van der Waals surface area contributed by atoms with E-state index in [1.807, 2.05) is 12.1 Å². The highest BCUT2D eigenvalue weighted by atomic mass is 19.1. The molecule has 0 aromatic heterocycles. The molecule has 0 unspecified atom stereocenters. The van der Waals surface area contributed by atoms with Crippen molar-refractivity contribution in [3.63, 3.8) is 0 Å². The minimum Gasteiger partial charge on any atom is -0.207 e. The van der Waals surface area contributed by atoms with Crippen molar-refractivity contribution in [3.05, 3.63) is 47.3 Å². The predicted molar refractivity (Wildman–Crippen MR) is 58.8 cm³/mol.